The zero-order chi connectivity index (χ0) is 12.5. The van der Waals surface area contributed by atoms with Crippen LogP contribution in [0.3, 0.4) is 0 Å². The molecular formula is C13H12IN3O. The number of hydrogen-bond acceptors (Lipinski definition) is 3. The number of halogens is 1. The normalized spacial score (nSPS) is 14.5. The van der Waals surface area contributed by atoms with Gasteiger partial charge in [0, 0.05) is 11.6 Å². The summed E-state index contributed by atoms with van der Waals surface area (Å²) >= 11 is 2.07. The van der Waals surface area contributed by atoms with Gasteiger partial charge in [-0.1, -0.05) is 18.2 Å². The third kappa shape index (κ3) is 2.40. The first kappa shape index (κ1) is 11.7. The van der Waals surface area contributed by atoms with Crippen molar-refractivity contribution in [1.29, 1.82) is 0 Å². The van der Waals surface area contributed by atoms with Gasteiger partial charge in [-0.05, 0) is 47.6 Å². The lowest BCUT2D eigenvalue weighted by molar-refractivity contribution is 0.957. The summed E-state index contributed by atoms with van der Waals surface area (Å²) in [6, 6.07) is 9.71. The number of nitrogens with zero attached hydrogens (tertiary/aromatic N) is 1. The standard InChI is InChI=1S/C13H12IN3O/c14-10-11(8-6-7-8)16-13(17-12(10)18)15-9-4-2-1-3-5-9/h1-5,8H,6-7H2,(H2,15,16,17,18). The lowest BCUT2D eigenvalue weighted by Crippen LogP contribution is -2.16. The molecule has 0 unspecified atom stereocenters. The molecule has 2 aromatic rings. The van der Waals surface area contributed by atoms with Crippen LogP contribution in [0.4, 0.5) is 11.6 Å². The molecule has 1 fully saturated rings. The molecule has 1 saturated carbocycles. The number of H-pyrrole nitrogens is 1. The predicted molar refractivity (Wildman–Crippen MR) is 79.3 cm³/mol. The van der Waals surface area contributed by atoms with Crippen LogP contribution in [-0.4, -0.2) is 9.97 Å². The third-order valence-electron chi connectivity index (χ3n) is 2.89. The Labute approximate surface area is 118 Å². The number of benzene rings is 1. The molecule has 5 heteroatoms. The molecule has 0 aliphatic heterocycles. The van der Waals surface area contributed by atoms with Gasteiger partial charge in [-0.2, -0.15) is 0 Å². The van der Waals surface area contributed by atoms with E-state index in [2.05, 4.69) is 37.9 Å². The summed E-state index contributed by atoms with van der Waals surface area (Å²) in [5.41, 5.74) is 1.78. The lowest BCUT2D eigenvalue weighted by Gasteiger charge is -2.08. The number of hydrogen-bond donors (Lipinski definition) is 2. The Morgan fingerprint density at radius 1 is 1.28 bits per heavy atom. The van der Waals surface area contributed by atoms with Crippen molar-refractivity contribution < 1.29 is 0 Å². The van der Waals surface area contributed by atoms with Crippen molar-refractivity contribution in [2.75, 3.05) is 5.32 Å². The van der Waals surface area contributed by atoms with E-state index in [-0.39, 0.29) is 5.56 Å². The molecule has 1 aromatic heterocycles. The molecule has 0 spiro atoms. The fourth-order valence-corrected chi connectivity index (χ4v) is 2.52. The highest BCUT2D eigenvalue weighted by Gasteiger charge is 2.28. The van der Waals surface area contributed by atoms with Crippen molar-refractivity contribution in [3.05, 3.63) is 49.9 Å². The van der Waals surface area contributed by atoms with E-state index < -0.39 is 0 Å². The number of para-hydroxylation sites is 1. The third-order valence-corrected chi connectivity index (χ3v) is 3.93. The number of nitrogens with one attached hydrogen (secondary N) is 2. The van der Waals surface area contributed by atoms with Crippen molar-refractivity contribution in [2.24, 2.45) is 0 Å². The maximum Gasteiger partial charge on any atom is 0.266 e. The minimum atomic E-state index is -0.0640. The molecule has 1 aromatic carbocycles. The first-order valence-electron chi connectivity index (χ1n) is 5.86. The van der Waals surface area contributed by atoms with Crippen LogP contribution in [0.15, 0.2) is 35.1 Å². The quantitative estimate of drug-likeness (QED) is 0.835. The van der Waals surface area contributed by atoms with Gasteiger partial charge in [0.15, 0.2) is 0 Å². The maximum absolute atomic E-state index is 11.8. The number of rotatable bonds is 3. The largest absolute Gasteiger partial charge is 0.326 e. The summed E-state index contributed by atoms with van der Waals surface area (Å²) in [7, 11) is 0. The van der Waals surface area contributed by atoms with E-state index in [9.17, 15) is 4.79 Å². The summed E-state index contributed by atoms with van der Waals surface area (Å²) in [6.45, 7) is 0. The SMILES string of the molecule is O=c1[nH]c(Nc2ccccc2)nc(C2CC2)c1I. The molecule has 18 heavy (non-hydrogen) atoms. The smallest absolute Gasteiger partial charge is 0.266 e. The van der Waals surface area contributed by atoms with E-state index in [1.54, 1.807) is 0 Å². The van der Waals surface area contributed by atoms with E-state index in [4.69, 9.17) is 0 Å². The summed E-state index contributed by atoms with van der Waals surface area (Å²) in [4.78, 5) is 19.1. The van der Waals surface area contributed by atoms with Crippen LogP contribution in [0.1, 0.15) is 24.5 Å². The van der Waals surface area contributed by atoms with E-state index in [0.717, 1.165) is 24.2 Å². The number of aromatic nitrogens is 2. The topological polar surface area (TPSA) is 57.8 Å². The van der Waals surface area contributed by atoms with Crippen LogP contribution in [0, 0.1) is 3.57 Å². The second-order valence-corrected chi connectivity index (χ2v) is 5.46. The van der Waals surface area contributed by atoms with Gasteiger partial charge in [0.2, 0.25) is 5.95 Å². The molecule has 0 amide bonds. The van der Waals surface area contributed by atoms with Crippen LogP contribution in [0.25, 0.3) is 0 Å². The maximum atomic E-state index is 11.8. The molecule has 4 nitrogen and oxygen atoms in total. The Morgan fingerprint density at radius 2 is 2.00 bits per heavy atom. The minimum Gasteiger partial charge on any atom is -0.326 e. The van der Waals surface area contributed by atoms with E-state index in [0.29, 0.717) is 15.4 Å². The average Bonchev–Trinajstić information content (AvgIpc) is 3.19. The Bertz CT molecular complexity index is 620. The minimum absolute atomic E-state index is 0.0640. The fourth-order valence-electron chi connectivity index (χ4n) is 1.82. The highest BCUT2D eigenvalue weighted by atomic mass is 127. The van der Waals surface area contributed by atoms with Gasteiger partial charge in [-0.25, -0.2) is 4.98 Å². The van der Waals surface area contributed by atoms with Crippen LogP contribution in [-0.2, 0) is 0 Å². The van der Waals surface area contributed by atoms with E-state index in [1.165, 1.54) is 0 Å². The Morgan fingerprint density at radius 3 is 2.67 bits per heavy atom. The van der Waals surface area contributed by atoms with Crippen molar-refractivity contribution in [3.63, 3.8) is 0 Å². The Kier molecular flexibility index (Phi) is 3.07. The molecule has 0 atom stereocenters. The Hall–Kier alpha value is -1.37. The van der Waals surface area contributed by atoms with Gasteiger partial charge in [-0.3, -0.25) is 9.78 Å². The van der Waals surface area contributed by atoms with Crippen LogP contribution >= 0.6 is 22.6 Å². The Balaban J connectivity index is 1.95. The fraction of sp³-hybridized carbons (Fsp3) is 0.231. The molecule has 0 saturated heterocycles. The van der Waals surface area contributed by atoms with Gasteiger partial charge < -0.3 is 5.32 Å². The molecule has 92 valence electrons. The van der Waals surface area contributed by atoms with Gasteiger partial charge in [0.05, 0.1) is 5.69 Å². The first-order valence-corrected chi connectivity index (χ1v) is 6.93. The second kappa shape index (κ2) is 4.72. The van der Waals surface area contributed by atoms with Crippen LogP contribution < -0.4 is 10.9 Å². The molecule has 1 aliphatic carbocycles. The molecular weight excluding hydrogens is 341 g/mol. The highest BCUT2D eigenvalue weighted by molar-refractivity contribution is 14.1. The monoisotopic (exact) mass is 353 g/mol. The number of aromatic amines is 1. The average molecular weight is 353 g/mol. The van der Waals surface area contributed by atoms with Crippen molar-refractivity contribution >= 4 is 34.2 Å². The molecule has 1 aliphatic rings. The summed E-state index contributed by atoms with van der Waals surface area (Å²) in [5, 5.41) is 3.12. The van der Waals surface area contributed by atoms with Gasteiger partial charge in [-0.15, -0.1) is 0 Å². The van der Waals surface area contributed by atoms with Crippen LogP contribution in [0.5, 0.6) is 0 Å². The van der Waals surface area contributed by atoms with Crippen molar-refractivity contribution in [1.82, 2.24) is 9.97 Å². The molecule has 0 radical (unpaired) electrons. The molecule has 3 rings (SSSR count). The zero-order valence-electron chi connectivity index (χ0n) is 9.61. The van der Waals surface area contributed by atoms with Crippen LogP contribution in [0.2, 0.25) is 0 Å². The highest BCUT2D eigenvalue weighted by Crippen LogP contribution is 2.40. The number of anilines is 2. The molecule has 1 heterocycles. The summed E-state index contributed by atoms with van der Waals surface area (Å²) < 4.78 is 0.716. The zero-order valence-corrected chi connectivity index (χ0v) is 11.8. The van der Waals surface area contributed by atoms with E-state index >= 15 is 0 Å². The predicted octanol–water partition coefficient (Wildman–Crippen LogP) is 3.00. The van der Waals surface area contributed by atoms with Crippen molar-refractivity contribution in [3.8, 4) is 0 Å². The van der Waals surface area contributed by atoms with Gasteiger partial charge in [0.25, 0.3) is 5.56 Å². The second-order valence-electron chi connectivity index (χ2n) is 4.38. The van der Waals surface area contributed by atoms with Crippen molar-refractivity contribution in [2.45, 2.75) is 18.8 Å². The summed E-state index contributed by atoms with van der Waals surface area (Å²) in [6.07, 6.45) is 2.27. The molecule has 2 N–H and O–H groups in total. The van der Waals surface area contributed by atoms with Gasteiger partial charge >= 0.3 is 0 Å². The first-order chi connectivity index (χ1) is 8.74. The lowest BCUT2D eigenvalue weighted by atomic mass is 10.3. The van der Waals surface area contributed by atoms with E-state index in [1.807, 2.05) is 30.3 Å². The summed E-state index contributed by atoms with van der Waals surface area (Å²) in [5.74, 6) is 0.990. The van der Waals surface area contributed by atoms with Gasteiger partial charge in [0.1, 0.15) is 3.57 Å². The molecule has 0 bridgehead atoms.